The van der Waals surface area contributed by atoms with Crippen molar-refractivity contribution in [1.29, 1.82) is 0 Å². The first kappa shape index (κ1) is 15.4. The average Bonchev–Trinajstić information content (AvgIpc) is 2.83. The molecule has 0 aliphatic rings. The maximum absolute atomic E-state index is 13.1. The van der Waals surface area contributed by atoms with Crippen LogP contribution in [0.15, 0.2) is 48.7 Å². The molecule has 0 aliphatic carbocycles. The molecule has 0 radical (unpaired) electrons. The van der Waals surface area contributed by atoms with E-state index in [1.807, 2.05) is 0 Å². The monoisotopic (exact) mass is 299 g/mol. The number of carboxylic acids is 1. The summed E-state index contributed by atoms with van der Waals surface area (Å²) in [6.45, 7) is 0. The summed E-state index contributed by atoms with van der Waals surface area (Å²) in [7, 11) is 1.77. The SMILES string of the molecule is Cn1cc(/C=C/C(=O)c2cccc(F)c2)cc1/C=C/C(=O)O. The molecule has 5 heteroatoms. The van der Waals surface area contributed by atoms with Gasteiger partial charge in [0.15, 0.2) is 5.78 Å². The normalized spacial score (nSPS) is 11.4. The first-order valence-electron chi connectivity index (χ1n) is 6.51. The minimum absolute atomic E-state index is 0.276. The van der Waals surface area contributed by atoms with Crippen LogP contribution >= 0.6 is 0 Å². The van der Waals surface area contributed by atoms with E-state index < -0.39 is 11.8 Å². The van der Waals surface area contributed by atoms with Gasteiger partial charge in [-0.1, -0.05) is 12.1 Å². The number of carbonyl (C=O) groups excluding carboxylic acids is 1. The number of aryl methyl sites for hydroxylation is 1. The van der Waals surface area contributed by atoms with Crippen LogP contribution in [0.5, 0.6) is 0 Å². The van der Waals surface area contributed by atoms with Gasteiger partial charge in [-0.15, -0.1) is 0 Å². The molecule has 0 unspecified atom stereocenters. The quantitative estimate of drug-likeness (QED) is 0.681. The molecular formula is C17H14FNO3. The molecule has 2 rings (SSSR count). The van der Waals surface area contributed by atoms with Crippen molar-refractivity contribution in [2.45, 2.75) is 0 Å². The highest BCUT2D eigenvalue weighted by atomic mass is 19.1. The third-order valence-electron chi connectivity index (χ3n) is 3.00. The molecule has 1 N–H and O–H groups in total. The summed E-state index contributed by atoms with van der Waals surface area (Å²) in [6.07, 6.45) is 7.23. The van der Waals surface area contributed by atoms with Crippen molar-refractivity contribution in [1.82, 2.24) is 4.57 Å². The minimum atomic E-state index is -1.03. The highest BCUT2D eigenvalue weighted by Gasteiger charge is 2.03. The zero-order chi connectivity index (χ0) is 16.1. The Morgan fingerprint density at radius 2 is 1.95 bits per heavy atom. The van der Waals surface area contributed by atoms with Gasteiger partial charge < -0.3 is 9.67 Å². The van der Waals surface area contributed by atoms with Crippen molar-refractivity contribution < 1.29 is 19.1 Å². The van der Waals surface area contributed by atoms with Crippen LogP contribution in [0.2, 0.25) is 0 Å². The maximum atomic E-state index is 13.1. The fourth-order valence-corrected chi connectivity index (χ4v) is 1.93. The number of benzene rings is 1. The number of allylic oxidation sites excluding steroid dienone is 1. The molecule has 1 aromatic carbocycles. The predicted molar refractivity (Wildman–Crippen MR) is 81.8 cm³/mol. The molecule has 2 aromatic rings. The fraction of sp³-hybridized carbons (Fsp3) is 0.0588. The number of carbonyl (C=O) groups is 2. The highest BCUT2D eigenvalue weighted by Crippen LogP contribution is 2.12. The standard InChI is InChI=1S/C17H14FNO3/c1-19-11-12(9-15(19)6-8-17(21)22)5-7-16(20)13-3-2-4-14(18)10-13/h2-11H,1H3,(H,21,22)/b7-5+,8-6+. The predicted octanol–water partition coefficient (Wildman–Crippen LogP) is 3.16. The van der Waals surface area contributed by atoms with Crippen molar-refractivity contribution >= 4 is 23.9 Å². The van der Waals surface area contributed by atoms with E-state index >= 15 is 0 Å². The highest BCUT2D eigenvalue weighted by molar-refractivity contribution is 6.06. The van der Waals surface area contributed by atoms with E-state index in [4.69, 9.17) is 5.11 Å². The van der Waals surface area contributed by atoms with E-state index in [9.17, 15) is 14.0 Å². The second kappa shape index (κ2) is 6.67. The van der Waals surface area contributed by atoms with Crippen molar-refractivity contribution in [3.05, 3.63) is 71.3 Å². The van der Waals surface area contributed by atoms with Gasteiger partial charge in [0.25, 0.3) is 0 Å². The van der Waals surface area contributed by atoms with Crippen LogP contribution < -0.4 is 0 Å². The van der Waals surface area contributed by atoms with E-state index in [0.29, 0.717) is 5.69 Å². The van der Waals surface area contributed by atoms with Gasteiger partial charge in [-0.05, 0) is 42.0 Å². The van der Waals surface area contributed by atoms with Crippen LogP contribution in [0.3, 0.4) is 0 Å². The summed E-state index contributed by atoms with van der Waals surface area (Å²) in [5.74, 6) is -1.79. The van der Waals surface area contributed by atoms with Gasteiger partial charge in [-0.25, -0.2) is 9.18 Å². The molecule has 0 saturated heterocycles. The number of ketones is 1. The lowest BCUT2D eigenvalue weighted by Gasteiger charge is -1.95. The molecule has 0 spiro atoms. The second-order valence-electron chi connectivity index (χ2n) is 4.69. The summed E-state index contributed by atoms with van der Waals surface area (Å²) >= 11 is 0. The molecule has 0 aliphatic heterocycles. The van der Waals surface area contributed by atoms with Crippen molar-refractivity contribution in [3.63, 3.8) is 0 Å². The lowest BCUT2D eigenvalue weighted by molar-refractivity contribution is -0.131. The lowest BCUT2D eigenvalue weighted by Crippen LogP contribution is -1.94. The van der Waals surface area contributed by atoms with E-state index in [1.165, 1.54) is 30.4 Å². The van der Waals surface area contributed by atoms with E-state index in [-0.39, 0.29) is 11.3 Å². The molecule has 1 heterocycles. The number of rotatable bonds is 5. The zero-order valence-electron chi connectivity index (χ0n) is 11.9. The lowest BCUT2D eigenvalue weighted by atomic mass is 10.1. The third kappa shape index (κ3) is 4.02. The Morgan fingerprint density at radius 1 is 1.18 bits per heavy atom. The number of halogens is 1. The van der Waals surface area contributed by atoms with Gasteiger partial charge in [-0.3, -0.25) is 4.79 Å². The van der Waals surface area contributed by atoms with Crippen LogP contribution in [0.25, 0.3) is 12.2 Å². The number of aliphatic carboxylic acids is 1. The Bertz CT molecular complexity index is 772. The Labute approximate surface area is 126 Å². The molecule has 0 atom stereocenters. The number of carboxylic acid groups (broad SMARTS) is 1. The van der Waals surface area contributed by atoms with Crippen LogP contribution in [0.4, 0.5) is 4.39 Å². The van der Waals surface area contributed by atoms with Crippen LogP contribution in [-0.2, 0) is 11.8 Å². The molecule has 112 valence electrons. The minimum Gasteiger partial charge on any atom is -0.478 e. The smallest absolute Gasteiger partial charge is 0.328 e. The van der Waals surface area contributed by atoms with Crippen LogP contribution in [-0.4, -0.2) is 21.4 Å². The van der Waals surface area contributed by atoms with Crippen molar-refractivity contribution in [3.8, 4) is 0 Å². The van der Waals surface area contributed by atoms with Crippen LogP contribution in [0.1, 0.15) is 21.6 Å². The zero-order valence-corrected chi connectivity index (χ0v) is 11.9. The summed E-state index contributed by atoms with van der Waals surface area (Å²) in [6, 6.07) is 7.22. The number of nitrogens with zero attached hydrogens (tertiary/aromatic N) is 1. The fourth-order valence-electron chi connectivity index (χ4n) is 1.93. The van der Waals surface area contributed by atoms with Gasteiger partial charge in [0.1, 0.15) is 5.82 Å². The second-order valence-corrected chi connectivity index (χ2v) is 4.69. The summed E-state index contributed by atoms with van der Waals surface area (Å²) in [5, 5.41) is 8.61. The largest absolute Gasteiger partial charge is 0.478 e. The molecule has 22 heavy (non-hydrogen) atoms. The molecule has 0 amide bonds. The Hall–Kier alpha value is -2.95. The van der Waals surface area contributed by atoms with E-state index in [1.54, 1.807) is 36.0 Å². The Morgan fingerprint density at radius 3 is 2.64 bits per heavy atom. The van der Waals surface area contributed by atoms with E-state index in [0.717, 1.165) is 11.6 Å². The molecule has 0 fully saturated rings. The van der Waals surface area contributed by atoms with E-state index in [2.05, 4.69) is 0 Å². The molecule has 0 bridgehead atoms. The molecule has 0 saturated carbocycles. The first-order chi connectivity index (χ1) is 10.5. The van der Waals surface area contributed by atoms with Gasteiger partial charge in [-0.2, -0.15) is 0 Å². The maximum Gasteiger partial charge on any atom is 0.328 e. The number of hydrogen-bond donors (Lipinski definition) is 1. The molecule has 4 nitrogen and oxygen atoms in total. The molecular weight excluding hydrogens is 285 g/mol. The average molecular weight is 299 g/mol. The third-order valence-corrected chi connectivity index (χ3v) is 3.00. The Kier molecular flexibility index (Phi) is 4.68. The molecule has 1 aromatic heterocycles. The Balaban J connectivity index is 2.15. The first-order valence-corrected chi connectivity index (χ1v) is 6.51. The summed E-state index contributed by atoms with van der Waals surface area (Å²) in [5.41, 5.74) is 1.72. The summed E-state index contributed by atoms with van der Waals surface area (Å²) < 4.78 is 14.8. The number of aromatic nitrogens is 1. The van der Waals surface area contributed by atoms with Gasteiger partial charge >= 0.3 is 5.97 Å². The van der Waals surface area contributed by atoms with Gasteiger partial charge in [0.05, 0.1) is 0 Å². The van der Waals surface area contributed by atoms with Gasteiger partial charge in [0, 0.05) is 30.6 Å². The van der Waals surface area contributed by atoms with Crippen LogP contribution in [0, 0.1) is 5.82 Å². The topological polar surface area (TPSA) is 59.3 Å². The summed E-state index contributed by atoms with van der Waals surface area (Å²) in [4.78, 5) is 22.4. The van der Waals surface area contributed by atoms with Gasteiger partial charge in [0.2, 0.25) is 0 Å². The number of hydrogen-bond acceptors (Lipinski definition) is 2. The van der Waals surface area contributed by atoms with Crippen molar-refractivity contribution in [2.75, 3.05) is 0 Å². The van der Waals surface area contributed by atoms with Crippen molar-refractivity contribution in [2.24, 2.45) is 7.05 Å².